The van der Waals surface area contributed by atoms with Gasteiger partial charge in [0.25, 0.3) is 5.91 Å². The van der Waals surface area contributed by atoms with Gasteiger partial charge in [0.15, 0.2) is 11.6 Å². The third kappa shape index (κ3) is 11.6. The molecule has 9 atom stereocenters. The maximum Gasteiger partial charge on any atom is 0.332 e. The smallest absolute Gasteiger partial charge is 0.332 e. The quantitative estimate of drug-likeness (QED) is 0.0566. The standard InChI is InChI=1S/C44H61N3O9/c1-12-18-29(6)34(54-11)26-35-44(9,56-35)42(52)47(10)36(27(4)13-2)40(50)45-33(25-30-21-23-32(48)24-22-30)39(49)46-38(43(7,8)53)41(51)55-37(28(5)14-3)31-19-16-15-17-20-31/h12,14-24,27-28,33-38,48,53H,1,3,13,25-26H2,2,4-11H3,(H,45,50)(H,46,49)/b29-18+/t27-,28+,33+,34+,35-,36-,37-,38+,44+/m0/s1. The highest BCUT2D eigenvalue weighted by molar-refractivity contribution is 5.96. The second kappa shape index (κ2) is 19.9. The van der Waals surface area contributed by atoms with Crippen LogP contribution in [0.3, 0.4) is 0 Å². The molecule has 12 nitrogen and oxygen atoms in total. The van der Waals surface area contributed by atoms with Crippen molar-refractivity contribution in [2.45, 2.75) is 115 Å². The molecule has 0 spiro atoms. The van der Waals surface area contributed by atoms with Crippen LogP contribution in [0.4, 0.5) is 0 Å². The third-order valence-electron chi connectivity index (χ3n) is 10.6. The number of rotatable bonds is 21. The molecule has 0 radical (unpaired) electrons. The molecule has 1 fully saturated rings. The minimum absolute atomic E-state index is 0.0140. The maximum absolute atomic E-state index is 14.3. The first kappa shape index (κ1) is 45.6. The molecular weight excluding hydrogens is 714 g/mol. The molecular formula is C44H61N3O9. The second-order valence-electron chi connectivity index (χ2n) is 15.5. The van der Waals surface area contributed by atoms with Gasteiger partial charge in [0, 0.05) is 32.9 Å². The topological polar surface area (TPSA) is 167 Å². The van der Waals surface area contributed by atoms with Crippen molar-refractivity contribution in [3.05, 3.63) is 103 Å². The van der Waals surface area contributed by atoms with Crippen LogP contribution in [0.1, 0.15) is 78.5 Å². The van der Waals surface area contributed by atoms with Crippen LogP contribution in [0.5, 0.6) is 5.75 Å². The van der Waals surface area contributed by atoms with Gasteiger partial charge in [0.05, 0.1) is 17.8 Å². The first-order valence-electron chi connectivity index (χ1n) is 19.1. The van der Waals surface area contributed by atoms with Gasteiger partial charge in [-0.2, -0.15) is 0 Å². The number of nitrogens with zero attached hydrogens (tertiary/aromatic N) is 1. The lowest BCUT2D eigenvalue weighted by Gasteiger charge is -2.35. The predicted molar refractivity (Wildman–Crippen MR) is 215 cm³/mol. The van der Waals surface area contributed by atoms with Gasteiger partial charge in [-0.15, -0.1) is 6.58 Å². The Bertz CT molecular complexity index is 1700. The van der Waals surface area contributed by atoms with Crippen LogP contribution >= 0.6 is 0 Å². The molecule has 0 bridgehead atoms. The van der Waals surface area contributed by atoms with Crippen molar-refractivity contribution in [2.75, 3.05) is 14.2 Å². The van der Waals surface area contributed by atoms with E-state index in [0.29, 0.717) is 24.0 Å². The highest BCUT2D eigenvalue weighted by atomic mass is 16.6. The fourth-order valence-electron chi connectivity index (χ4n) is 6.73. The number of carbonyl (C=O) groups excluding carboxylic acids is 4. The van der Waals surface area contributed by atoms with Gasteiger partial charge in [0.1, 0.15) is 23.9 Å². The number of methoxy groups -OCH3 is 1. The van der Waals surface area contributed by atoms with E-state index in [1.165, 1.54) is 30.9 Å². The normalized spacial score (nSPS) is 20.5. The van der Waals surface area contributed by atoms with Gasteiger partial charge in [-0.25, -0.2) is 4.79 Å². The first-order chi connectivity index (χ1) is 26.3. The van der Waals surface area contributed by atoms with Gasteiger partial charge in [-0.1, -0.05) is 94.5 Å². The number of phenolic OH excluding ortho intramolecular Hbond substituents is 1. The average molecular weight is 776 g/mol. The van der Waals surface area contributed by atoms with Crippen molar-refractivity contribution in [3.8, 4) is 5.75 Å². The number of carbonyl (C=O) groups is 4. The molecule has 0 aliphatic carbocycles. The lowest BCUT2D eigenvalue weighted by molar-refractivity contribution is -0.162. The fourth-order valence-corrected chi connectivity index (χ4v) is 6.73. The minimum Gasteiger partial charge on any atom is -0.508 e. The highest BCUT2D eigenvalue weighted by Gasteiger charge is 2.61. The number of nitrogens with one attached hydrogen (secondary N) is 2. The SMILES string of the molecule is C=C/C=C(\C)[C@@H](C[C@@H]1O[C@@]1(C)C(=O)N(C)[C@H](C(=O)N[C@H](Cc1ccc(O)cc1)C(=O)N[C@H](C(=O)O[C@H](c1ccccc1)[C@H](C)C=C)C(C)(C)O)[C@@H](C)CC)OC. The molecule has 0 saturated carbocycles. The molecule has 4 N–H and O–H groups in total. The Kier molecular flexibility index (Phi) is 16.2. The van der Waals surface area contributed by atoms with E-state index >= 15 is 0 Å². The Morgan fingerprint density at radius 2 is 1.66 bits per heavy atom. The number of benzene rings is 2. The van der Waals surface area contributed by atoms with E-state index in [9.17, 15) is 29.4 Å². The summed E-state index contributed by atoms with van der Waals surface area (Å²) in [6.45, 7) is 19.5. The highest BCUT2D eigenvalue weighted by Crippen LogP contribution is 2.42. The molecule has 1 saturated heterocycles. The van der Waals surface area contributed by atoms with Crippen LogP contribution in [0.15, 0.2) is 91.6 Å². The number of amides is 3. The predicted octanol–water partition coefficient (Wildman–Crippen LogP) is 5.35. The summed E-state index contributed by atoms with van der Waals surface area (Å²) in [5.41, 5.74) is -0.762. The third-order valence-corrected chi connectivity index (χ3v) is 10.6. The van der Waals surface area contributed by atoms with Crippen molar-refractivity contribution >= 4 is 23.7 Å². The summed E-state index contributed by atoms with van der Waals surface area (Å²) in [7, 11) is 3.13. The zero-order valence-corrected chi connectivity index (χ0v) is 34.3. The first-order valence-corrected chi connectivity index (χ1v) is 19.1. The Balaban J connectivity index is 1.91. The number of aromatic hydroxyl groups is 1. The molecule has 3 rings (SSSR count). The summed E-state index contributed by atoms with van der Waals surface area (Å²) in [4.78, 5) is 57.8. The number of likely N-dealkylation sites (N-methyl/N-ethyl adjacent to an activating group) is 1. The number of hydrogen-bond acceptors (Lipinski definition) is 9. The summed E-state index contributed by atoms with van der Waals surface area (Å²) >= 11 is 0. The molecule has 2 aromatic rings. The molecule has 56 heavy (non-hydrogen) atoms. The molecule has 1 heterocycles. The molecule has 0 aromatic heterocycles. The van der Waals surface area contributed by atoms with E-state index in [1.807, 2.05) is 64.1 Å². The van der Waals surface area contributed by atoms with E-state index in [1.54, 1.807) is 45.4 Å². The van der Waals surface area contributed by atoms with Crippen LogP contribution in [0.25, 0.3) is 0 Å². The van der Waals surface area contributed by atoms with Crippen LogP contribution in [0.2, 0.25) is 0 Å². The molecule has 3 amide bonds. The Morgan fingerprint density at radius 1 is 1.04 bits per heavy atom. The lowest BCUT2D eigenvalue weighted by atomic mass is 9.93. The molecule has 1 aliphatic rings. The lowest BCUT2D eigenvalue weighted by Crippen LogP contribution is -2.61. The Labute approximate surface area is 332 Å². The van der Waals surface area contributed by atoms with Crippen molar-refractivity contribution in [2.24, 2.45) is 11.8 Å². The van der Waals surface area contributed by atoms with E-state index in [-0.39, 0.29) is 30.1 Å². The fraction of sp³-hybridized carbons (Fsp3) is 0.500. The number of allylic oxidation sites excluding steroid dienone is 2. The molecule has 1 aliphatic heterocycles. The Hall–Kier alpha value is -4.78. The van der Waals surface area contributed by atoms with Gasteiger partial charge in [-0.05, 0) is 62.4 Å². The van der Waals surface area contributed by atoms with Gasteiger partial charge in [0.2, 0.25) is 11.8 Å². The number of phenols is 1. The minimum atomic E-state index is -1.79. The van der Waals surface area contributed by atoms with Gasteiger partial charge >= 0.3 is 5.97 Å². The second-order valence-corrected chi connectivity index (χ2v) is 15.5. The van der Waals surface area contributed by atoms with E-state index < -0.39 is 65.2 Å². The number of aliphatic hydroxyl groups is 1. The number of ether oxygens (including phenoxy) is 3. The monoisotopic (exact) mass is 775 g/mol. The maximum atomic E-state index is 14.3. The van der Waals surface area contributed by atoms with Crippen LogP contribution < -0.4 is 10.6 Å². The van der Waals surface area contributed by atoms with Crippen molar-refractivity contribution in [3.63, 3.8) is 0 Å². The van der Waals surface area contributed by atoms with Gasteiger partial charge in [-0.3, -0.25) is 14.4 Å². The summed E-state index contributed by atoms with van der Waals surface area (Å²) < 4.78 is 17.5. The van der Waals surface area contributed by atoms with Crippen LogP contribution in [0, 0.1) is 11.8 Å². The molecule has 2 aromatic carbocycles. The zero-order valence-electron chi connectivity index (χ0n) is 34.3. The molecule has 12 heteroatoms. The molecule has 0 unspecified atom stereocenters. The summed E-state index contributed by atoms with van der Waals surface area (Å²) in [5, 5.41) is 26.6. The molecule has 306 valence electrons. The number of epoxide rings is 1. The van der Waals surface area contributed by atoms with E-state index in [4.69, 9.17) is 14.2 Å². The van der Waals surface area contributed by atoms with Crippen LogP contribution in [-0.4, -0.2) is 94.5 Å². The summed E-state index contributed by atoms with van der Waals surface area (Å²) in [6.07, 6.45) is 4.54. The largest absolute Gasteiger partial charge is 0.508 e. The van der Waals surface area contributed by atoms with Crippen LogP contribution in [-0.2, 0) is 39.8 Å². The van der Waals surface area contributed by atoms with E-state index in [0.717, 1.165) is 5.57 Å². The Morgan fingerprint density at radius 3 is 2.20 bits per heavy atom. The zero-order chi connectivity index (χ0) is 42.0. The summed E-state index contributed by atoms with van der Waals surface area (Å²) in [6, 6.07) is 11.4. The van der Waals surface area contributed by atoms with Crippen molar-refractivity contribution in [1.29, 1.82) is 0 Å². The van der Waals surface area contributed by atoms with Crippen molar-refractivity contribution < 1.29 is 43.6 Å². The van der Waals surface area contributed by atoms with Gasteiger partial charge < -0.3 is 40.0 Å². The van der Waals surface area contributed by atoms with Crippen molar-refractivity contribution in [1.82, 2.24) is 15.5 Å². The summed E-state index contributed by atoms with van der Waals surface area (Å²) in [5.74, 6) is -3.28. The number of esters is 1. The van der Waals surface area contributed by atoms with E-state index in [2.05, 4.69) is 23.8 Å². The number of hydrogen-bond donors (Lipinski definition) is 4. The average Bonchev–Trinajstić information content (AvgIpc) is 3.84.